The molecule has 3 atom stereocenters. The van der Waals surface area contributed by atoms with Gasteiger partial charge in [0, 0.05) is 74.5 Å². The maximum atomic E-state index is 13.5. The molecule has 0 radical (unpaired) electrons. The van der Waals surface area contributed by atoms with Crippen molar-refractivity contribution in [3.05, 3.63) is 52.7 Å². The van der Waals surface area contributed by atoms with Gasteiger partial charge in [-0.1, -0.05) is 6.07 Å². The number of nitriles is 1. The van der Waals surface area contributed by atoms with Crippen LogP contribution in [-0.2, 0) is 24.6 Å². The van der Waals surface area contributed by atoms with E-state index in [1.807, 2.05) is 4.90 Å². The first-order valence-electron chi connectivity index (χ1n) is 15.1. The van der Waals surface area contributed by atoms with Crippen LogP contribution in [0.25, 0.3) is 10.1 Å². The molecule has 0 saturated carbocycles. The maximum Gasteiger partial charge on any atom is 0.399 e. The molecule has 3 saturated heterocycles. The quantitative estimate of drug-likeness (QED) is 0.226. The summed E-state index contributed by atoms with van der Waals surface area (Å²) < 4.78 is 38.3. The van der Waals surface area contributed by atoms with Gasteiger partial charge in [0.15, 0.2) is 0 Å². The van der Waals surface area contributed by atoms with Gasteiger partial charge in [-0.25, -0.2) is 0 Å². The van der Waals surface area contributed by atoms with Crippen LogP contribution in [0.2, 0.25) is 0 Å². The number of rotatable bonds is 5. The third kappa shape index (κ3) is 8.43. The predicted octanol–water partition coefficient (Wildman–Crippen LogP) is 2.95. The summed E-state index contributed by atoms with van der Waals surface area (Å²) in [6, 6.07) is 7.05. The maximum absolute atomic E-state index is 13.5. The average molecular weight is 708 g/mol. The van der Waals surface area contributed by atoms with Gasteiger partial charge in [-0.15, -0.1) is 11.3 Å². The van der Waals surface area contributed by atoms with E-state index in [1.165, 1.54) is 12.1 Å². The first-order valence-corrected chi connectivity index (χ1v) is 17.5. The highest BCUT2D eigenvalue weighted by molar-refractivity contribution is 7.52. The SMILES string of the molecule is CC(=O)N1CCC(=O)N2CCC[C@@H]2CC1.N#CC1CN(C=O)C[C@@H]1c1cn[nH]c1.NC(=O)c1cc2cc(C(F)(F)P(=O)(O)O)ccc2s1. The predicted molar refractivity (Wildman–Crippen MR) is 171 cm³/mol. The zero-order valence-corrected chi connectivity index (χ0v) is 27.7. The lowest BCUT2D eigenvalue weighted by Gasteiger charge is -2.31. The van der Waals surface area contributed by atoms with Gasteiger partial charge in [0.05, 0.1) is 23.1 Å². The first-order chi connectivity index (χ1) is 22.7. The van der Waals surface area contributed by atoms with Gasteiger partial charge in [-0.2, -0.15) is 19.1 Å². The number of nitrogens with one attached hydrogen (secondary N) is 1. The second-order valence-corrected chi connectivity index (χ2v) is 14.4. The van der Waals surface area contributed by atoms with Crippen LogP contribution >= 0.6 is 18.9 Å². The van der Waals surface area contributed by atoms with Crippen molar-refractivity contribution in [1.82, 2.24) is 24.9 Å². The number of hydrogen-bond donors (Lipinski definition) is 4. The molecule has 4 amide bonds. The highest BCUT2D eigenvalue weighted by Gasteiger charge is 2.50. The van der Waals surface area contributed by atoms with Crippen LogP contribution < -0.4 is 5.73 Å². The van der Waals surface area contributed by atoms with E-state index in [2.05, 4.69) is 16.3 Å². The molecule has 3 aromatic rings. The second kappa shape index (κ2) is 15.3. The zero-order valence-electron chi connectivity index (χ0n) is 26.0. The summed E-state index contributed by atoms with van der Waals surface area (Å²) >= 11 is 1.02. The molecule has 1 unspecified atom stereocenters. The summed E-state index contributed by atoms with van der Waals surface area (Å²) in [6.07, 6.45) is 7.96. The minimum Gasteiger partial charge on any atom is -0.365 e. The van der Waals surface area contributed by atoms with Gasteiger partial charge in [-0.05, 0) is 48.4 Å². The molecule has 258 valence electrons. The Morgan fingerprint density at radius 3 is 2.56 bits per heavy atom. The number of aromatic nitrogens is 2. The fourth-order valence-corrected chi connectivity index (χ4v) is 7.31. The molecular formula is C30H36F2N7O7PS. The standard InChI is InChI=1S/C11H18N2O2.C10H8F2NO4PS.C9H10N4O/c1-9(14)12-7-4-10-3-2-6-13(10)11(15)5-8-12;11-10(12,18(15,16)17)6-1-2-7-5(3-6)4-8(19-7)9(13)14;10-1-7-4-13(6-14)5-9(7)8-2-11-12-3-8/h10H,2-8H2,1H3;1-4H,(H2,13,14)(H2,15,16,17);2-3,6-7,9H,4-5H2,(H,11,12)/t10-;;7?,9-/m1.0/s1. The minimum absolute atomic E-state index is 0.0919. The Bertz CT molecular complexity index is 1730. The van der Waals surface area contributed by atoms with Crippen LogP contribution in [0.3, 0.4) is 0 Å². The number of halogens is 2. The van der Waals surface area contributed by atoms with Crippen LogP contribution in [-0.4, -0.2) is 97.6 Å². The van der Waals surface area contributed by atoms with E-state index in [0.717, 1.165) is 67.8 Å². The number of nitrogens with two attached hydrogens (primary N) is 1. The Balaban J connectivity index is 0.000000165. The molecule has 6 rings (SSSR count). The molecule has 3 aliphatic heterocycles. The number of H-pyrrole nitrogens is 1. The summed E-state index contributed by atoms with van der Waals surface area (Å²) in [6.45, 7) is 5.04. The third-order valence-corrected chi connectivity index (χ3v) is 10.7. The Labute approximate surface area is 278 Å². The molecule has 3 aliphatic rings. The molecule has 5 N–H and O–H groups in total. The Morgan fingerprint density at radius 2 is 1.96 bits per heavy atom. The van der Waals surface area contributed by atoms with Crippen molar-refractivity contribution in [2.45, 2.75) is 50.2 Å². The molecule has 0 bridgehead atoms. The molecule has 48 heavy (non-hydrogen) atoms. The number of thiophene rings is 1. The number of primary amides is 1. The number of hydrogen-bond acceptors (Lipinski definition) is 8. The van der Waals surface area contributed by atoms with Gasteiger partial charge in [-0.3, -0.25) is 28.8 Å². The highest BCUT2D eigenvalue weighted by Crippen LogP contribution is 2.59. The zero-order chi connectivity index (χ0) is 35.2. The highest BCUT2D eigenvalue weighted by atomic mass is 32.1. The van der Waals surface area contributed by atoms with E-state index in [-0.39, 0.29) is 33.9 Å². The second-order valence-electron chi connectivity index (χ2n) is 11.7. The molecule has 0 spiro atoms. The van der Waals surface area contributed by atoms with Crippen molar-refractivity contribution in [1.29, 1.82) is 5.26 Å². The lowest BCUT2D eigenvalue weighted by molar-refractivity contribution is -0.136. The molecule has 14 nitrogen and oxygen atoms in total. The van der Waals surface area contributed by atoms with Crippen LogP contribution in [0.1, 0.15) is 59.3 Å². The summed E-state index contributed by atoms with van der Waals surface area (Å²) in [5.41, 5.74) is 0.999. The summed E-state index contributed by atoms with van der Waals surface area (Å²) in [5.74, 6) is -0.385. The average Bonchev–Trinajstić information content (AvgIpc) is 3.85. The number of fused-ring (bicyclic) bond motifs is 2. The third-order valence-electron chi connectivity index (χ3n) is 8.55. The molecule has 5 heterocycles. The number of alkyl halides is 2. The number of carbonyl (C=O) groups is 4. The number of carbonyl (C=O) groups excluding carboxylic acids is 4. The summed E-state index contributed by atoms with van der Waals surface area (Å²) in [7, 11) is -5.60. The lowest BCUT2D eigenvalue weighted by atomic mass is 9.92. The Kier molecular flexibility index (Phi) is 11.7. The van der Waals surface area contributed by atoms with E-state index < -0.39 is 24.7 Å². The van der Waals surface area contributed by atoms with E-state index in [1.54, 1.807) is 29.1 Å². The van der Waals surface area contributed by atoms with Gasteiger partial charge in [0.1, 0.15) is 0 Å². The van der Waals surface area contributed by atoms with Gasteiger partial charge in [0.2, 0.25) is 18.2 Å². The summed E-state index contributed by atoms with van der Waals surface area (Å²) in [5, 5.41) is 15.8. The minimum atomic E-state index is -5.60. The number of likely N-dealkylation sites (tertiary alicyclic amines) is 1. The van der Waals surface area contributed by atoms with Crippen LogP contribution in [0, 0.1) is 17.2 Å². The smallest absolute Gasteiger partial charge is 0.365 e. The van der Waals surface area contributed by atoms with Crippen LogP contribution in [0.5, 0.6) is 0 Å². The van der Waals surface area contributed by atoms with Crippen molar-refractivity contribution in [3.63, 3.8) is 0 Å². The first kappa shape index (κ1) is 36.6. The largest absolute Gasteiger partial charge is 0.399 e. The van der Waals surface area contributed by atoms with E-state index in [9.17, 15) is 32.5 Å². The van der Waals surface area contributed by atoms with Crippen molar-refractivity contribution < 1.29 is 42.3 Å². The van der Waals surface area contributed by atoms with Gasteiger partial charge in [0.25, 0.3) is 5.91 Å². The number of aromatic amines is 1. The fourth-order valence-electron chi connectivity index (χ4n) is 5.94. The monoisotopic (exact) mass is 707 g/mol. The molecule has 1 aromatic carbocycles. The van der Waals surface area contributed by atoms with E-state index in [4.69, 9.17) is 20.8 Å². The lowest BCUT2D eigenvalue weighted by Crippen LogP contribution is -2.44. The van der Waals surface area contributed by atoms with Crippen molar-refractivity contribution in [3.8, 4) is 6.07 Å². The summed E-state index contributed by atoms with van der Waals surface area (Å²) in [4.78, 5) is 67.6. The number of nitrogens with zero attached hydrogens (tertiary/aromatic N) is 5. The van der Waals surface area contributed by atoms with E-state index >= 15 is 0 Å². The molecule has 18 heteroatoms. The Morgan fingerprint density at radius 1 is 1.21 bits per heavy atom. The molecule has 0 aliphatic carbocycles. The number of amides is 4. The molecule has 3 fully saturated rings. The number of benzene rings is 1. The fraction of sp³-hybridized carbons (Fsp3) is 0.467. The van der Waals surface area contributed by atoms with Crippen molar-refractivity contribution in [2.24, 2.45) is 11.7 Å². The van der Waals surface area contributed by atoms with Crippen molar-refractivity contribution >= 4 is 53.2 Å². The molecular weight excluding hydrogens is 671 g/mol. The van der Waals surface area contributed by atoms with Crippen LogP contribution in [0.4, 0.5) is 8.78 Å². The van der Waals surface area contributed by atoms with Crippen molar-refractivity contribution in [2.75, 3.05) is 32.7 Å². The molecule has 2 aromatic heterocycles. The Hall–Kier alpha value is -4.23. The normalized spacial score (nSPS) is 21.2. The van der Waals surface area contributed by atoms with Gasteiger partial charge >= 0.3 is 13.3 Å². The van der Waals surface area contributed by atoms with Crippen LogP contribution in [0.15, 0.2) is 36.7 Å². The topological polar surface area (TPSA) is 214 Å². The van der Waals surface area contributed by atoms with Gasteiger partial charge < -0.3 is 30.2 Å². The van der Waals surface area contributed by atoms with E-state index in [0.29, 0.717) is 36.8 Å².